The fraction of sp³-hybridized carbons (Fsp3) is 0.250. The molecule has 3 rings (SSSR count). The predicted molar refractivity (Wildman–Crippen MR) is 84.9 cm³/mol. The Balaban J connectivity index is 1.81. The summed E-state index contributed by atoms with van der Waals surface area (Å²) >= 11 is 0. The van der Waals surface area contributed by atoms with E-state index in [-0.39, 0.29) is 24.8 Å². The van der Waals surface area contributed by atoms with Gasteiger partial charge < -0.3 is 15.2 Å². The first-order valence-electron chi connectivity index (χ1n) is 7.49. The molecule has 2 heterocycles. The summed E-state index contributed by atoms with van der Waals surface area (Å²) in [6, 6.07) is 9.67. The van der Waals surface area contributed by atoms with E-state index in [1.54, 1.807) is 4.68 Å². The Morgan fingerprint density at radius 1 is 1.29 bits per heavy atom. The summed E-state index contributed by atoms with van der Waals surface area (Å²) in [5, 5.41) is 20.3. The van der Waals surface area contributed by atoms with Crippen LogP contribution in [0.5, 0.6) is 0 Å². The third-order valence-electron chi connectivity index (χ3n) is 3.56. The number of carbonyl (C=O) groups excluding carboxylic acids is 2. The Labute approximate surface area is 138 Å². The molecule has 2 N–H and O–H groups in total. The topological polar surface area (TPSA) is 112 Å². The largest absolute Gasteiger partial charge is 0.550 e. The molecule has 1 aliphatic heterocycles. The molecule has 1 aliphatic rings. The summed E-state index contributed by atoms with van der Waals surface area (Å²) in [7, 11) is 0. The number of carboxylic acids is 1. The lowest BCUT2D eigenvalue weighted by atomic mass is 10.1. The summed E-state index contributed by atoms with van der Waals surface area (Å²) in [5.74, 6) is -1.10. The molecule has 8 nitrogen and oxygen atoms in total. The van der Waals surface area contributed by atoms with E-state index < -0.39 is 11.9 Å². The van der Waals surface area contributed by atoms with Gasteiger partial charge in [-0.2, -0.15) is 4.98 Å². The third-order valence-corrected chi connectivity index (χ3v) is 3.56. The minimum atomic E-state index is -1.27. The smallest absolute Gasteiger partial charge is 0.250 e. The molecule has 0 saturated carbocycles. The highest BCUT2D eigenvalue weighted by Crippen LogP contribution is 2.29. The number of hydrogen-bond acceptors (Lipinski definition) is 6. The number of nitrogens with one attached hydrogen (secondary N) is 2. The van der Waals surface area contributed by atoms with Gasteiger partial charge in [0.15, 0.2) is 0 Å². The van der Waals surface area contributed by atoms with Crippen molar-refractivity contribution in [2.24, 2.45) is 0 Å². The van der Waals surface area contributed by atoms with Crippen LogP contribution in [0.3, 0.4) is 0 Å². The number of aliphatic carboxylic acids is 1. The van der Waals surface area contributed by atoms with Gasteiger partial charge in [0, 0.05) is 18.1 Å². The van der Waals surface area contributed by atoms with E-state index in [1.165, 1.54) is 0 Å². The first-order valence-corrected chi connectivity index (χ1v) is 7.49. The van der Waals surface area contributed by atoms with Crippen molar-refractivity contribution < 1.29 is 14.7 Å². The quantitative estimate of drug-likeness (QED) is 0.835. The molecule has 124 valence electrons. The van der Waals surface area contributed by atoms with Crippen LogP contribution in [0, 0.1) is 0 Å². The van der Waals surface area contributed by atoms with Crippen LogP contribution in [0.15, 0.2) is 42.1 Å². The molecule has 0 saturated heterocycles. The zero-order valence-corrected chi connectivity index (χ0v) is 13.0. The van der Waals surface area contributed by atoms with E-state index in [0.717, 1.165) is 11.3 Å². The minimum absolute atomic E-state index is 0.130. The predicted octanol–water partition coefficient (Wildman–Crippen LogP) is 0.665. The van der Waals surface area contributed by atoms with Crippen molar-refractivity contribution in [3.63, 3.8) is 0 Å². The maximum absolute atomic E-state index is 11.7. The molecule has 0 unspecified atom stereocenters. The Hall–Kier alpha value is -3.16. The van der Waals surface area contributed by atoms with Gasteiger partial charge in [-0.3, -0.25) is 10.1 Å². The number of carboxylic acid groups (broad SMARTS) is 1. The average Bonchev–Trinajstić information content (AvgIpc) is 2.95. The molecule has 1 amide bonds. The SMILES string of the molecule is CC1=C[C@H](c2ccccc2)n2nc(NC(=O)CCC(=O)[O-])nc2N1. The van der Waals surface area contributed by atoms with Crippen LogP contribution < -0.4 is 15.7 Å². The molecule has 0 aliphatic carbocycles. The lowest BCUT2D eigenvalue weighted by Gasteiger charge is -2.22. The molecule has 0 spiro atoms. The number of fused-ring (bicyclic) bond motifs is 1. The second kappa shape index (κ2) is 6.53. The van der Waals surface area contributed by atoms with Crippen molar-refractivity contribution in [3.8, 4) is 0 Å². The highest BCUT2D eigenvalue weighted by Gasteiger charge is 2.23. The van der Waals surface area contributed by atoms with Crippen LogP contribution >= 0.6 is 0 Å². The second-order valence-electron chi connectivity index (χ2n) is 5.45. The van der Waals surface area contributed by atoms with Crippen molar-refractivity contribution >= 4 is 23.8 Å². The van der Waals surface area contributed by atoms with Gasteiger partial charge in [0.25, 0.3) is 5.95 Å². The van der Waals surface area contributed by atoms with E-state index in [4.69, 9.17) is 0 Å². The summed E-state index contributed by atoms with van der Waals surface area (Å²) in [5.41, 5.74) is 1.97. The molecule has 0 radical (unpaired) electrons. The highest BCUT2D eigenvalue weighted by molar-refractivity contribution is 5.90. The van der Waals surface area contributed by atoms with Gasteiger partial charge in [-0.05, 0) is 25.0 Å². The number of aromatic nitrogens is 3. The molecule has 1 aromatic carbocycles. The molecule has 1 aromatic heterocycles. The molecule has 8 heteroatoms. The first-order chi connectivity index (χ1) is 11.5. The van der Waals surface area contributed by atoms with Gasteiger partial charge >= 0.3 is 0 Å². The molecular weight excluding hydrogens is 310 g/mol. The van der Waals surface area contributed by atoms with Gasteiger partial charge in [0.2, 0.25) is 11.9 Å². The third kappa shape index (κ3) is 3.43. The van der Waals surface area contributed by atoms with Crippen LogP contribution in [0.25, 0.3) is 0 Å². The normalized spacial score (nSPS) is 15.9. The maximum atomic E-state index is 11.7. The average molecular weight is 326 g/mol. The van der Waals surface area contributed by atoms with Crippen molar-refractivity contribution in [2.75, 3.05) is 10.6 Å². The maximum Gasteiger partial charge on any atom is 0.250 e. The highest BCUT2D eigenvalue weighted by atomic mass is 16.4. The summed E-state index contributed by atoms with van der Waals surface area (Å²) in [4.78, 5) is 26.4. The lowest BCUT2D eigenvalue weighted by Crippen LogP contribution is -2.24. The van der Waals surface area contributed by atoms with Gasteiger partial charge in [-0.1, -0.05) is 30.3 Å². The van der Waals surface area contributed by atoms with Gasteiger partial charge in [-0.15, -0.1) is 5.10 Å². The molecule has 1 atom stereocenters. The Morgan fingerprint density at radius 3 is 2.75 bits per heavy atom. The van der Waals surface area contributed by atoms with Crippen molar-refractivity contribution in [1.29, 1.82) is 0 Å². The van der Waals surface area contributed by atoms with Gasteiger partial charge in [0.1, 0.15) is 6.04 Å². The van der Waals surface area contributed by atoms with Crippen molar-refractivity contribution in [1.82, 2.24) is 14.8 Å². The van der Waals surface area contributed by atoms with Crippen molar-refractivity contribution in [3.05, 3.63) is 47.7 Å². The standard InChI is InChI=1S/C16H17N5O3/c1-10-9-12(11-5-3-2-4-6-11)21-16(17-10)19-15(20-21)18-13(22)7-8-14(23)24/h2-6,9,12H,7-8H2,1H3,(H,23,24)(H2,17,18,19,20,22)/p-1/t12-/m1/s1. The second-order valence-corrected chi connectivity index (χ2v) is 5.45. The Morgan fingerprint density at radius 2 is 2.04 bits per heavy atom. The van der Waals surface area contributed by atoms with E-state index in [9.17, 15) is 14.7 Å². The minimum Gasteiger partial charge on any atom is -0.550 e. The molecule has 0 bridgehead atoms. The molecule has 24 heavy (non-hydrogen) atoms. The number of carbonyl (C=O) groups is 2. The number of nitrogens with zero attached hydrogens (tertiary/aromatic N) is 3. The van der Waals surface area contributed by atoms with Crippen molar-refractivity contribution in [2.45, 2.75) is 25.8 Å². The van der Waals surface area contributed by atoms with Crippen LogP contribution in [0.2, 0.25) is 0 Å². The van der Waals surface area contributed by atoms with Crippen LogP contribution in [0.4, 0.5) is 11.9 Å². The molecule has 0 fully saturated rings. The first kappa shape index (κ1) is 15.7. The number of benzene rings is 1. The Bertz CT molecular complexity index is 797. The zero-order valence-electron chi connectivity index (χ0n) is 13.0. The number of hydrogen-bond donors (Lipinski definition) is 2. The number of anilines is 2. The van der Waals surface area contributed by atoms with Crippen LogP contribution in [-0.4, -0.2) is 26.6 Å². The fourth-order valence-electron chi connectivity index (χ4n) is 2.47. The number of rotatable bonds is 5. The summed E-state index contributed by atoms with van der Waals surface area (Å²) < 4.78 is 1.68. The Kier molecular flexibility index (Phi) is 4.28. The van der Waals surface area contributed by atoms with E-state index >= 15 is 0 Å². The monoisotopic (exact) mass is 326 g/mol. The number of amides is 1. The summed E-state index contributed by atoms with van der Waals surface area (Å²) in [6.07, 6.45) is 1.49. The van der Waals surface area contributed by atoms with E-state index in [2.05, 4.69) is 20.7 Å². The summed E-state index contributed by atoms with van der Waals surface area (Å²) in [6.45, 7) is 1.92. The van der Waals surface area contributed by atoms with Crippen LogP contribution in [0.1, 0.15) is 31.4 Å². The lowest BCUT2D eigenvalue weighted by molar-refractivity contribution is -0.305. The van der Waals surface area contributed by atoms with E-state index in [1.807, 2.05) is 43.3 Å². The fourth-order valence-corrected chi connectivity index (χ4v) is 2.47. The molecular formula is C16H16N5O3-. The number of allylic oxidation sites excluding steroid dienone is 2. The van der Waals surface area contributed by atoms with Crippen LogP contribution in [-0.2, 0) is 9.59 Å². The zero-order chi connectivity index (χ0) is 17.1. The van der Waals surface area contributed by atoms with E-state index in [0.29, 0.717) is 5.95 Å². The molecule has 2 aromatic rings. The van der Waals surface area contributed by atoms with Gasteiger partial charge in [0.05, 0.1) is 0 Å². The van der Waals surface area contributed by atoms with Gasteiger partial charge in [-0.25, -0.2) is 4.68 Å².